The fourth-order valence-electron chi connectivity index (χ4n) is 3.73. The van der Waals surface area contributed by atoms with Gasteiger partial charge in [-0.3, -0.25) is 4.72 Å². The monoisotopic (exact) mass is 424 g/mol. The summed E-state index contributed by atoms with van der Waals surface area (Å²) in [6.07, 6.45) is 4.44. The second kappa shape index (κ2) is 7.87. The Morgan fingerprint density at radius 3 is 2.27 bits per heavy atom. The Hall–Kier alpha value is -2.67. The zero-order chi connectivity index (χ0) is 21.4. The van der Waals surface area contributed by atoms with Crippen LogP contribution in [0.25, 0.3) is 11.4 Å². The molecule has 0 amide bonds. The molecule has 1 aliphatic heterocycles. The molecule has 1 N–H and O–H groups in total. The molecule has 6 nitrogen and oxygen atoms in total. The molecule has 0 aliphatic carbocycles. The summed E-state index contributed by atoms with van der Waals surface area (Å²) >= 11 is 0. The number of hydrogen-bond acceptors (Lipinski definition) is 4. The molecule has 4 rings (SSSR count). The standard InChI is InChI=1S/C23H28N4O2S/c1-23(2,3)18-10-14-20(15-11-18)30(28,29)26-19-12-8-17(9-13-19)22-25-24-21-7-5-4-6-16-27(21)22/h8-15,26H,4-7,16H2,1-3H3. The second-order valence-corrected chi connectivity index (χ2v) is 10.5. The van der Waals surface area contributed by atoms with Crippen LogP contribution in [0.5, 0.6) is 0 Å². The van der Waals surface area contributed by atoms with Gasteiger partial charge in [0.25, 0.3) is 10.0 Å². The highest BCUT2D eigenvalue weighted by Crippen LogP contribution is 2.26. The van der Waals surface area contributed by atoms with Gasteiger partial charge in [0.05, 0.1) is 4.90 Å². The summed E-state index contributed by atoms with van der Waals surface area (Å²) in [5, 5.41) is 8.70. The third kappa shape index (κ3) is 4.26. The molecule has 0 fully saturated rings. The van der Waals surface area contributed by atoms with Gasteiger partial charge in [0.15, 0.2) is 5.82 Å². The SMILES string of the molecule is CC(C)(C)c1ccc(S(=O)(=O)Nc2ccc(-c3nnc4n3CCCCC4)cc2)cc1. The van der Waals surface area contributed by atoms with Crippen molar-refractivity contribution in [2.45, 2.75) is 63.3 Å². The molecule has 1 aliphatic rings. The van der Waals surface area contributed by atoms with E-state index < -0.39 is 10.0 Å². The van der Waals surface area contributed by atoms with E-state index in [1.807, 2.05) is 24.3 Å². The Labute approximate surface area is 178 Å². The minimum atomic E-state index is -3.64. The van der Waals surface area contributed by atoms with E-state index in [4.69, 9.17) is 0 Å². The average molecular weight is 425 g/mol. The number of aryl methyl sites for hydroxylation is 1. The van der Waals surface area contributed by atoms with Crippen LogP contribution in [0.2, 0.25) is 0 Å². The molecule has 0 bridgehead atoms. The number of nitrogens with zero attached hydrogens (tertiary/aromatic N) is 3. The number of anilines is 1. The molecule has 0 saturated carbocycles. The van der Waals surface area contributed by atoms with Gasteiger partial charge in [-0.1, -0.05) is 39.3 Å². The van der Waals surface area contributed by atoms with E-state index in [9.17, 15) is 8.42 Å². The van der Waals surface area contributed by atoms with E-state index in [0.717, 1.165) is 48.6 Å². The lowest BCUT2D eigenvalue weighted by atomic mass is 9.87. The molecule has 0 unspecified atom stereocenters. The number of benzene rings is 2. The predicted molar refractivity (Wildman–Crippen MR) is 119 cm³/mol. The maximum absolute atomic E-state index is 12.8. The van der Waals surface area contributed by atoms with Crippen LogP contribution < -0.4 is 4.72 Å². The average Bonchev–Trinajstić information content (AvgIpc) is 2.96. The van der Waals surface area contributed by atoms with Crippen LogP contribution in [-0.4, -0.2) is 23.2 Å². The van der Waals surface area contributed by atoms with Crippen molar-refractivity contribution >= 4 is 15.7 Å². The highest BCUT2D eigenvalue weighted by molar-refractivity contribution is 7.92. The van der Waals surface area contributed by atoms with E-state index in [1.54, 1.807) is 24.3 Å². The van der Waals surface area contributed by atoms with Gasteiger partial charge in [0.2, 0.25) is 0 Å². The van der Waals surface area contributed by atoms with Crippen molar-refractivity contribution in [2.24, 2.45) is 0 Å². The third-order valence-corrected chi connectivity index (χ3v) is 6.93. The van der Waals surface area contributed by atoms with Crippen molar-refractivity contribution in [3.05, 3.63) is 59.9 Å². The normalized spacial score (nSPS) is 14.8. The van der Waals surface area contributed by atoms with Crippen molar-refractivity contribution in [1.82, 2.24) is 14.8 Å². The van der Waals surface area contributed by atoms with Gasteiger partial charge in [-0.15, -0.1) is 10.2 Å². The first kappa shape index (κ1) is 20.6. The first-order valence-corrected chi connectivity index (χ1v) is 11.9. The van der Waals surface area contributed by atoms with Gasteiger partial charge >= 0.3 is 0 Å². The molecular formula is C23H28N4O2S. The van der Waals surface area contributed by atoms with Gasteiger partial charge in [-0.2, -0.15) is 0 Å². The van der Waals surface area contributed by atoms with Crippen molar-refractivity contribution in [3.8, 4) is 11.4 Å². The van der Waals surface area contributed by atoms with Crippen molar-refractivity contribution in [2.75, 3.05) is 4.72 Å². The molecule has 158 valence electrons. The van der Waals surface area contributed by atoms with Gasteiger partial charge in [-0.25, -0.2) is 8.42 Å². The first-order chi connectivity index (χ1) is 14.2. The number of sulfonamides is 1. The molecule has 0 atom stereocenters. The van der Waals surface area contributed by atoms with Crippen molar-refractivity contribution in [3.63, 3.8) is 0 Å². The molecule has 0 radical (unpaired) electrons. The zero-order valence-electron chi connectivity index (χ0n) is 17.7. The molecule has 2 aromatic carbocycles. The molecule has 1 aromatic heterocycles. The van der Waals surface area contributed by atoms with Crippen LogP contribution in [0, 0.1) is 0 Å². The highest BCUT2D eigenvalue weighted by atomic mass is 32.2. The van der Waals surface area contributed by atoms with E-state index in [-0.39, 0.29) is 10.3 Å². The van der Waals surface area contributed by atoms with Crippen LogP contribution in [0.15, 0.2) is 53.4 Å². The molecule has 0 saturated heterocycles. The Morgan fingerprint density at radius 2 is 1.60 bits per heavy atom. The molecule has 30 heavy (non-hydrogen) atoms. The topological polar surface area (TPSA) is 76.9 Å². The summed E-state index contributed by atoms with van der Waals surface area (Å²) in [6, 6.07) is 14.4. The summed E-state index contributed by atoms with van der Waals surface area (Å²) in [5.74, 6) is 1.88. The third-order valence-electron chi connectivity index (χ3n) is 5.54. The predicted octanol–water partition coefficient (Wildman–Crippen LogP) is 4.77. The molecular weight excluding hydrogens is 396 g/mol. The number of hydrogen-bond donors (Lipinski definition) is 1. The number of aromatic nitrogens is 3. The van der Waals surface area contributed by atoms with Crippen LogP contribution in [0.3, 0.4) is 0 Å². The smallest absolute Gasteiger partial charge is 0.261 e. The molecule has 0 spiro atoms. The zero-order valence-corrected chi connectivity index (χ0v) is 18.5. The van der Waals surface area contributed by atoms with E-state index in [0.29, 0.717) is 5.69 Å². The van der Waals surface area contributed by atoms with Gasteiger partial charge in [0.1, 0.15) is 5.82 Å². The summed E-state index contributed by atoms with van der Waals surface area (Å²) < 4.78 is 30.4. The fourth-order valence-corrected chi connectivity index (χ4v) is 4.79. The van der Waals surface area contributed by atoms with E-state index in [2.05, 4.69) is 40.3 Å². The number of rotatable bonds is 4. The van der Waals surface area contributed by atoms with Gasteiger partial charge < -0.3 is 4.57 Å². The Balaban J connectivity index is 1.53. The lowest BCUT2D eigenvalue weighted by Crippen LogP contribution is -2.14. The molecule has 2 heterocycles. The van der Waals surface area contributed by atoms with Crippen molar-refractivity contribution in [1.29, 1.82) is 0 Å². The second-order valence-electron chi connectivity index (χ2n) is 8.86. The maximum Gasteiger partial charge on any atom is 0.261 e. The fraction of sp³-hybridized carbons (Fsp3) is 0.391. The Bertz CT molecular complexity index is 1130. The van der Waals surface area contributed by atoms with E-state index >= 15 is 0 Å². The summed E-state index contributed by atoms with van der Waals surface area (Å²) in [7, 11) is -3.64. The molecule has 7 heteroatoms. The van der Waals surface area contributed by atoms with Crippen LogP contribution in [0.4, 0.5) is 5.69 Å². The van der Waals surface area contributed by atoms with Crippen molar-refractivity contribution < 1.29 is 8.42 Å². The minimum Gasteiger partial charge on any atom is -0.311 e. The lowest BCUT2D eigenvalue weighted by Gasteiger charge is -2.19. The quantitative estimate of drug-likeness (QED) is 0.654. The summed E-state index contributed by atoms with van der Waals surface area (Å²) in [4.78, 5) is 0.252. The first-order valence-electron chi connectivity index (χ1n) is 10.4. The Kier molecular flexibility index (Phi) is 5.40. The van der Waals surface area contributed by atoms with Crippen LogP contribution in [-0.2, 0) is 28.4 Å². The number of nitrogens with one attached hydrogen (secondary N) is 1. The Morgan fingerprint density at radius 1 is 0.900 bits per heavy atom. The summed E-state index contributed by atoms with van der Waals surface area (Å²) in [5.41, 5.74) is 2.53. The maximum atomic E-state index is 12.8. The van der Waals surface area contributed by atoms with Gasteiger partial charge in [-0.05, 0) is 60.2 Å². The largest absolute Gasteiger partial charge is 0.311 e. The minimum absolute atomic E-state index is 0.0224. The van der Waals surface area contributed by atoms with Gasteiger partial charge in [0, 0.05) is 24.2 Å². The number of fused-ring (bicyclic) bond motifs is 1. The lowest BCUT2D eigenvalue weighted by molar-refractivity contribution is 0.587. The van der Waals surface area contributed by atoms with Crippen LogP contribution in [0.1, 0.15) is 51.4 Å². The highest BCUT2D eigenvalue weighted by Gasteiger charge is 2.19. The van der Waals surface area contributed by atoms with E-state index in [1.165, 1.54) is 6.42 Å². The summed E-state index contributed by atoms with van der Waals surface area (Å²) in [6.45, 7) is 7.23. The van der Waals surface area contributed by atoms with Crippen LogP contribution >= 0.6 is 0 Å². The molecule has 3 aromatic rings.